The van der Waals surface area contributed by atoms with Gasteiger partial charge in [-0.2, -0.15) is 18.3 Å². The summed E-state index contributed by atoms with van der Waals surface area (Å²) in [6.45, 7) is 3.56. The number of nitrogens with two attached hydrogens (primary N) is 1. The van der Waals surface area contributed by atoms with E-state index in [9.17, 15) is 26.4 Å². The average molecular weight is 552 g/mol. The Morgan fingerprint density at radius 1 is 1.14 bits per heavy atom. The molecule has 2 heterocycles. The Balaban J connectivity index is 2.09. The molecule has 4 rings (SSSR count). The molecule has 1 amide bonds. The first-order valence-electron chi connectivity index (χ1n) is 11.0. The van der Waals surface area contributed by atoms with E-state index in [1.54, 1.807) is 31.2 Å². The fraction of sp³-hybridized carbons (Fsp3) is 0.208. The molecule has 1 atom stereocenters. The number of alkyl halides is 3. The molecule has 13 heteroatoms. The van der Waals surface area contributed by atoms with Crippen LogP contribution >= 0.6 is 11.6 Å². The lowest BCUT2D eigenvalue weighted by Crippen LogP contribution is -2.33. The minimum atomic E-state index is -4.56. The number of amides is 1. The van der Waals surface area contributed by atoms with Gasteiger partial charge in [-0.15, -0.1) is 0 Å². The first kappa shape index (κ1) is 26.6. The third-order valence-electron chi connectivity index (χ3n) is 5.75. The van der Waals surface area contributed by atoms with Crippen molar-refractivity contribution >= 4 is 33.2 Å². The number of nitrogens with zero attached hydrogens (tertiary/aromatic N) is 3. The Kier molecular flexibility index (Phi) is 7.01. The SMILES string of the molecule is CCC(C)NC(=O)c1c(S(N)(=O)=O)nn2c(-c3ccc(C(F)(F)F)cc3)c(-c3ccccc3Cl)cnc12. The number of fused-ring (bicyclic) bond motifs is 1. The molecule has 4 aromatic rings. The molecule has 0 saturated heterocycles. The number of rotatable bonds is 6. The van der Waals surface area contributed by atoms with E-state index in [1.165, 1.54) is 18.3 Å². The summed E-state index contributed by atoms with van der Waals surface area (Å²) in [6, 6.07) is 10.6. The summed E-state index contributed by atoms with van der Waals surface area (Å²) in [5, 5.41) is 11.8. The van der Waals surface area contributed by atoms with Crippen molar-refractivity contribution in [3.05, 3.63) is 70.9 Å². The molecule has 0 aliphatic carbocycles. The normalized spacial score (nSPS) is 13.1. The highest BCUT2D eigenvalue weighted by Crippen LogP contribution is 2.38. The predicted octanol–water partition coefficient (Wildman–Crippen LogP) is 4.91. The highest BCUT2D eigenvalue weighted by Gasteiger charge is 2.32. The van der Waals surface area contributed by atoms with Crippen LogP contribution in [0.3, 0.4) is 0 Å². The van der Waals surface area contributed by atoms with Gasteiger partial charge in [-0.05, 0) is 31.5 Å². The second-order valence-electron chi connectivity index (χ2n) is 8.32. The minimum Gasteiger partial charge on any atom is -0.349 e. The van der Waals surface area contributed by atoms with Crippen LogP contribution in [-0.2, 0) is 16.2 Å². The number of primary sulfonamides is 1. The van der Waals surface area contributed by atoms with Crippen molar-refractivity contribution in [2.24, 2.45) is 5.14 Å². The van der Waals surface area contributed by atoms with Gasteiger partial charge in [0.05, 0.1) is 11.3 Å². The molecule has 3 N–H and O–H groups in total. The maximum atomic E-state index is 13.2. The molecule has 8 nitrogen and oxygen atoms in total. The van der Waals surface area contributed by atoms with E-state index >= 15 is 0 Å². The third-order valence-corrected chi connectivity index (χ3v) is 6.90. The number of carbonyl (C=O) groups is 1. The summed E-state index contributed by atoms with van der Waals surface area (Å²) in [7, 11) is -4.50. The summed E-state index contributed by atoms with van der Waals surface area (Å²) in [6.07, 6.45) is -2.64. The number of aromatic nitrogens is 3. The van der Waals surface area contributed by atoms with E-state index in [0.717, 1.165) is 16.6 Å². The van der Waals surface area contributed by atoms with Gasteiger partial charge in [0.1, 0.15) is 5.56 Å². The molecule has 0 aliphatic rings. The molecule has 0 aliphatic heterocycles. The molecule has 0 spiro atoms. The molecule has 0 radical (unpaired) electrons. The zero-order valence-electron chi connectivity index (χ0n) is 19.5. The van der Waals surface area contributed by atoms with Crippen LogP contribution in [0.4, 0.5) is 13.2 Å². The van der Waals surface area contributed by atoms with Gasteiger partial charge in [-0.25, -0.2) is 23.1 Å². The smallest absolute Gasteiger partial charge is 0.349 e. The number of carbonyl (C=O) groups excluding carboxylic acids is 1. The fourth-order valence-electron chi connectivity index (χ4n) is 3.73. The number of sulfonamides is 1. The zero-order valence-corrected chi connectivity index (χ0v) is 21.1. The van der Waals surface area contributed by atoms with Gasteiger partial charge in [-0.1, -0.05) is 48.9 Å². The molecule has 2 aromatic heterocycles. The summed E-state index contributed by atoms with van der Waals surface area (Å²) in [4.78, 5) is 17.4. The third kappa shape index (κ3) is 5.17. The second kappa shape index (κ2) is 9.77. The number of nitrogens with one attached hydrogen (secondary N) is 1. The number of hydrogen-bond acceptors (Lipinski definition) is 5. The van der Waals surface area contributed by atoms with Crippen molar-refractivity contribution in [3.63, 3.8) is 0 Å². The lowest BCUT2D eigenvalue weighted by molar-refractivity contribution is -0.137. The van der Waals surface area contributed by atoms with Gasteiger partial charge in [0.25, 0.3) is 15.9 Å². The lowest BCUT2D eigenvalue weighted by Gasteiger charge is -2.14. The first-order valence-corrected chi connectivity index (χ1v) is 12.9. The van der Waals surface area contributed by atoms with Crippen LogP contribution in [0.5, 0.6) is 0 Å². The van der Waals surface area contributed by atoms with Crippen LogP contribution in [-0.4, -0.2) is 35.0 Å². The summed E-state index contributed by atoms with van der Waals surface area (Å²) < 4.78 is 65.6. The molecule has 0 saturated carbocycles. The largest absolute Gasteiger partial charge is 0.416 e. The fourth-order valence-corrected chi connectivity index (χ4v) is 4.63. The maximum absolute atomic E-state index is 13.2. The van der Waals surface area contributed by atoms with Crippen LogP contribution in [0.25, 0.3) is 28.0 Å². The van der Waals surface area contributed by atoms with E-state index < -0.39 is 32.7 Å². The highest BCUT2D eigenvalue weighted by atomic mass is 35.5. The Hall–Kier alpha value is -3.48. The molecule has 37 heavy (non-hydrogen) atoms. The van der Waals surface area contributed by atoms with Crippen molar-refractivity contribution in [2.75, 3.05) is 0 Å². The Labute approximate surface area is 215 Å². The quantitative estimate of drug-likeness (QED) is 0.353. The summed E-state index contributed by atoms with van der Waals surface area (Å²) >= 11 is 6.40. The van der Waals surface area contributed by atoms with Gasteiger partial charge in [0, 0.05) is 34.0 Å². The van der Waals surface area contributed by atoms with Gasteiger partial charge < -0.3 is 5.32 Å². The second-order valence-corrected chi connectivity index (χ2v) is 10.2. The Morgan fingerprint density at radius 2 is 1.78 bits per heavy atom. The number of benzene rings is 2. The average Bonchev–Trinajstić information content (AvgIpc) is 3.24. The molecule has 194 valence electrons. The first-order chi connectivity index (χ1) is 17.3. The van der Waals surface area contributed by atoms with Crippen LogP contribution in [0.1, 0.15) is 36.2 Å². The van der Waals surface area contributed by atoms with Crippen molar-refractivity contribution < 1.29 is 26.4 Å². The monoisotopic (exact) mass is 551 g/mol. The van der Waals surface area contributed by atoms with Crippen LogP contribution in [0, 0.1) is 0 Å². The molecular weight excluding hydrogens is 531 g/mol. The van der Waals surface area contributed by atoms with Gasteiger partial charge >= 0.3 is 6.18 Å². The minimum absolute atomic E-state index is 0.143. The summed E-state index contributed by atoms with van der Waals surface area (Å²) in [5.41, 5.74) is -0.175. The standard InChI is InChI=1S/C24H21ClF3N5O3S/c1-3-13(2)31-22(34)19-21-30-12-17(16-6-4-5-7-18(16)25)20(33(21)32-23(19)37(29,35)36)14-8-10-15(11-9-14)24(26,27)28/h4-13H,3H2,1-2H3,(H,31,34)(H2,29,35,36). The van der Waals surface area contributed by atoms with Crippen molar-refractivity contribution in [2.45, 2.75) is 37.5 Å². The van der Waals surface area contributed by atoms with E-state index in [2.05, 4.69) is 15.4 Å². The van der Waals surface area contributed by atoms with Crippen molar-refractivity contribution in [3.8, 4) is 22.4 Å². The van der Waals surface area contributed by atoms with Gasteiger partial charge in [0.2, 0.25) is 5.03 Å². The molecule has 2 aromatic carbocycles. The predicted molar refractivity (Wildman–Crippen MR) is 132 cm³/mol. The Bertz CT molecular complexity index is 1600. The van der Waals surface area contributed by atoms with E-state index in [-0.39, 0.29) is 28.5 Å². The maximum Gasteiger partial charge on any atom is 0.416 e. The number of halogens is 4. The molecule has 1 unspecified atom stereocenters. The van der Waals surface area contributed by atoms with Crippen molar-refractivity contribution in [1.82, 2.24) is 19.9 Å². The topological polar surface area (TPSA) is 119 Å². The van der Waals surface area contributed by atoms with E-state index in [4.69, 9.17) is 16.7 Å². The Morgan fingerprint density at radius 3 is 2.35 bits per heavy atom. The van der Waals surface area contributed by atoms with Gasteiger partial charge in [0.15, 0.2) is 5.65 Å². The van der Waals surface area contributed by atoms with Crippen LogP contribution < -0.4 is 10.5 Å². The van der Waals surface area contributed by atoms with E-state index in [0.29, 0.717) is 22.6 Å². The molecular formula is C24H21ClF3N5O3S. The number of hydrogen-bond donors (Lipinski definition) is 2. The van der Waals surface area contributed by atoms with E-state index in [1.807, 2.05) is 6.92 Å². The molecule has 0 bridgehead atoms. The van der Waals surface area contributed by atoms with Crippen LogP contribution in [0.2, 0.25) is 5.02 Å². The van der Waals surface area contributed by atoms with Crippen LogP contribution in [0.15, 0.2) is 59.8 Å². The molecule has 0 fully saturated rings. The summed E-state index contributed by atoms with van der Waals surface area (Å²) in [5.74, 6) is -0.760. The zero-order chi connectivity index (χ0) is 27.1. The van der Waals surface area contributed by atoms with Crippen molar-refractivity contribution in [1.29, 1.82) is 0 Å². The highest BCUT2D eigenvalue weighted by molar-refractivity contribution is 7.89. The lowest BCUT2D eigenvalue weighted by atomic mass is 9.99. The van der Waals surface area contributed by atoms with Gasteiger partial charge in [-0.3, -0.25) is 4.79 Å².